The Morgan fingerprint density at radius 1 is 1.57 bits per heavy atom. The normalized spacial score (nSPS) is 17.5. The smallest absolute Gasteiger partial charge is 0.191 e. The van der Waals surface area contributed by atoms with E-state index in [4.69, 9.17) is 0 Å². The van der Waals surface area contributed by atoms with Crippen LogP contribution < -0.4 is 10.6 Å². The van der Waals surface area contributed by atoms with Crippen LogP contribution in [0.2, 0.25) is 0 Å². The van der Waals surface area contributed by atoms with E-state index in [1.165, 1.54) is 0 Å². The summed E-state index contributed by atoms with van der Waals surface area (Å²) in [4.78, 5) is 4.24. The summed E-state index contributed by atoms with van der Waals surface area (Å²) < 4.78 is 24.4. The zero-order valence-corrected chi connectivity index (χ0v) is 13.6. The van der Waals surface area contributed by atoms with Crippen LogP contribution in [0.5, 0.6) is 0 Å². The Balaban J connectivity index is 1.89. The van der Waals surface area contributed by atoms with Crippen LogP contribution in [-0.2, 0) is 9.84 Å². The third-order valence-corrected chi connectivity index (χ3v) is 6.22. The lowest BCUT2D eigenvalue weighted by Crippen LogP contribution is -2.39. The molecule has 1 saturated carbocycles. The van der Waals surface area contributed by atoms with Crippen molar-refractivity contribution in [3.8, 4) is 0 Å². The molecule has 118 valence electrons. The number of sulfone groups is 1. The van der Waals surface area contributed by atoms with Gasteiger partial charge < -0.3 is 15.7 Å². The van der Waals surface area contributed by atoms with Crippen LogP contribution in [0, 0.1) is 0 Å². The second-order valence-electron chi connectivity index (χ2n) is 5.01. The molecular weight excluding hydrogens is 310 g/mol. The van der Waals surface area contributed by atoms with Gasteiger partial charge in [0.05, 0.1) is 18.4 Å². The first-order chi connectivity index (χ1) is 10.0. The van der Waals surface area contributed by atoms with E-state index >= 15 is 0 Å². The van der Waals surface area contributed by atoms with Crippen LogP contribution in [-0.4, -0.2) is 50.5 Å². The number of aliphatic imine (C=N–C) groups is 1. The molecule has 1 fully saturated rings. The van der Waals surface area contributed by atoms with Crippen LogP contribution in [0.25, 0.3) is 0 Å². The number of hydrogen-bond donors (Lipinski definition) is 3. The van der Waals surface area contributed by atoms with E-state index in [0.717, 1.165) is 30.7 Å². The van der Waals surface area contributed by atoms with E-state index < -0.39 is 15.9 Å². The van der Waals surface area contributed by atoms with Gasteiger partial charge in [-0.3, -0.25) is 4.99 Å². The molecule has 1 aromatic heterocycles. The lowest BCUT2D eigenvalue weighted by molar-refractivity contribution is 0.206. The molecule has 1 unspecified atom stereocenters. The van der Waals surface area contributed by atoms with Gasteiger partial charge in [0.15, 0.2) is 15.8 Å². The minimum Gasteiger partial charge on any atom is -0.390 e. The summed E-state index contributed by atoms with van der Waals surface area (Å²) in [5.74, 6) is 0.326. The van der Waals surface area contributed by atoms with Gasteiger partial charge in [-0.05, 0) is 31.2 Å². The molecule has 0 aromatic carbocycles. The second-order valence-corrected chi connectivity index (χ2v) is 8.21. The number of aliphatic hydroxyl groups is 1. The third-order valence-electron chi connectivity index (χ3n) is 2.94. The summed E-state index contributed by atoms with van der Waals surface area (Å²) in [5, 5.41) is 17.9. The molecule has 1 aliphatic rings. The fraction of sp³-hybridized carbons (Fsp3) is 0.615. The van der Waals surface area contributed by atoms with Crippen molar-refractivity contribution in [2.75, 3.05) is 18.8 Å². The van der Waals surface area contributed by atoms with E-state index in [1.807, 2.05) is 6.92 Å². The number of aliphatic hydroxyl groups excluding tert-OH is 1. The molecule has 0 saturated heterocycles. The van der Waals surface area contributed by atoms with Gasteiger partial charge in [0, 0.05) is 12.6 Å². The molecule has 0 aliphatic heterocycles. The summed E-state index contributed by atoms with van der Waals surface area (Å²) >= 11 is 1.16. The molecule has 6 nitrogen and oxygen atoms in total. The van der Waals surface area contributed by atoms with Gasteiger partial charge in [0.1, 0.15) is 4.21 Å². The first-order valence-electron chi connectivity index (χ1n) is 7.00. The van der Waals surface area contributed by atoms with Crippen LogP contribution >= 0.6 is 11.3 Å². The number of thiophene rings is 1. The Labute approximate surface area is 129 Å². The largest absolute Gasteiger partial charge is 0.390 e. The molecular formula is C13H21N3O3S2. The van der Waals surface area contributed by atoms with Crippen LogP contribution in [0.3, 0.4) is 0 Å². The zero-order valence-electron chi connectivity index (χ0n) is 11.9. The molecule has 1 atom stereocenters. The molecule has 8 heteroatoms. The maximum atomic E-state index is 12.0. The SMILES string of the molecule is CCNC(=NCC(O)CS(=O)(=O)c1cccs1)NC1CC1. The minimum atomic E-state index is -3.43. The third kappa shape index (κ3) is 5.29. The molecule has 1 aromatic rings. The van der Waals surface area contributed by atoms with E-state index in [2.05, 4.69) is 15.6 Å². The number of hydrogen-bond acceptors (Lipinski definition) is 5. The lowest BCUT2D eigenvalue weighted by Gasteiger charge is -2.12. The van der Waals surface area contributed by atoms with Gasteiger partial charge in [-0.1, -0.05) is 6.07 Å². The van der Waals surface area contributed by atoms with Crippen molar-refractivity contribution in [3.05, 3.63) is 17.5 Å². The Hall–Kier alpha value is -1.12. The molecule has 0 spiro atoms. The fourth-order valence-electron chi connectivity index (χ4n) is 1.77. The van der Waals surface area contributed by atoms with Crippen molar-refractivity contribution in [2.24, 2.45) is 4.99 Å². The molecule has 1 aliphatic carbocycles. The van der Waals surface area contributed by atoms with Gasteiger partial charge in [-0.2, -0.15) is 0 Å². The summed E-state index contributed by atoms with van der Waals surface area (Å²) in [6, 6.07) is 3.69. The fourth-order valence-corrected chi connectivity index (χ4v) is 4.23. The van der Waals surface area contributed by atoms with Crippen LogP contribution in [0.15, 0.2) is 26.7 Å². The monoisotopic (exact) mass is 331 g/mol. The van der Waals surface area contributed by atoms with Crippen molar-refractivity contribution >= 4 is 27.1 Å². The highest BCUT2D eigenvalue weighted by atomic mass is 32.2. The number of guanidine groups is 1. The minimum absolute atomic E-state index is 0.0622. The maximum absolute atomic E-state index is 12.0. The van der Waals surface area contributed by atoms with Crippen LogP contribution in [0.4, 0.5) is 0 Å². The van der Waals surface area contributed by atoms with Crippen molar-refractivity contribution in [3.63, 3.8) is 0 Å². The van der Waals surface area contributed by atoms with Crippen molar-refractivity contribution < 1.29 is 13.5 Å². The second kappa shape index (κ2) is 7.24. The molecule has 0 bridgehead atoms. The zero-order chi connectivity index (χ0) is 15.3. The average molecular weight is 331 g/mol. The number of nitrogens with one attached hydrogen (secondary N) is 2. The molecule has 21 heavy (non-hydrogen) atoms. The van der Waals surface area contributed by atoms with E-state index in [0.29, 0.717) is 12.0 Å². The van der Waals surface area contributed by atoms with Gasteiger partial charge in [0.2, 0.25) is 0 Å². The molecule has 3 N–H and O–H groups in total. The van der Waals surface area contributed by atoms with Gasteiger partial charge in [-0.25, -0.2) is 8.42 Å². The number of nitrogens with zero attached hydrogens (tertiary/aromatic N) is 1. The van der Waals surface area contributed by atoms with Crippen molar-refractivity contribution in [1.29, 1.82) is 0 Å². The van der Waals surface area contributed by atoms with Gasteiger partial charge >= 0.3 is 0 Å². The van der Waals surface area contributed by atoms with Crippen LogP contribution in [0.1, 0.15) is 19.8 Å². The summed E-state index contributed by atoms with van der Waals surface area (Å²) in [6.45, 7) is 2.75. The predicted molar refractivity (Wildman–Crippen MR) is 84.5 cm³/mol. The highest BCUT2D eigenvalue weighted by Crippen LogP contribution is 2.19. The first-order valence-corrected chi connectivity index (χ1v) is 9.53. The Morgan fingerprint density at radius 3 is 2.90 bits per heavy atom. The Bertz CT molecular complexity index is 565. The maximum Gasteiger partial charge on any atom is 0.191 e. The summed E-state index contributed by atoms with van der Waals surface area (Å²) in [7, 11) is -3.43. The van der Waals surface area contributed by atoms with E-state index in [-0.39, 0.29) is 16.5 Å². The summed E-state index contributed by atoms with van der Waals surface area (Å²) in [6.07, 6.45) is 1.24. The van der Waals surface area contributed by atoms with Crippen molar-refractivity contribution in [2.45, 2.75) is 36.1 Å². The van der Waals surface area contributed by atoms with Gasteiger partial charge in [-0.15, -0.1) is 11.3 Å². The predicted octanol–water partition coefficient (Wildman–Crippen LogP) is 0.600. The molecule has 0 amide bonds. The molecule has 2 rings (SSSR count). The van der Waals surface area contributed by atoms with E-state index in [1.54, 1.807) is 17.5 Å². The molecule has 1 heterocycles. The quantitative estimate of drug-likeness (QED) is 0.503. The van der Waals surface area contributed by atoms with E-state index in [9.17, 15) is 13.5 Å². The standard InChI is InChI=1S/C13H21N3O3S2/c1-2-14-13(16-10-5-6-10)15-8-11(17)9-21(18,19)12-4-3-7-20-12/h3-4,7,10-11,17H,2,5-6,8-9H2,1H3,(H2,14,15,16). The average Bonchev–Trinajstić information content (AvgIpc) is 3.05. The summed E-state index contributed by atoms with van der Waals surface area (Å²) in [5.41, 5.74) is 0. The topological polar surface area (TPSA) is 90.8 Å². The first kappa shape index (κ1) is 16.3. The highest BCUT2D eigenvalue weighted by molar-refractivity contribution is 7.93. The Morgan fingerprint density at radius 2 is 2.33 bits per heavy atom. The number of rotatable bonds is 7. The Kier molecular flexibility index (Phi) is 5.60. The molecule has 0 radical (unpaired) electrons. The lowest BCUT2D eigenvalue weighted by atomic mass is 10.4. The van der Waals surface area contributed by atoms with Crippen molar-refractivity contribution in [1.82, 2.24) is 10.6 Å². The van der Waals surface area contributed by atoms with Gasteiger partial charge in [0.25, 0.3) is 0 Å². The highest BCUT2D eigenvalue weighted by Gasteiger charge is 2.23.